The largest absolute Gasteiger partial charge is 0.481 e. The summed E-state index contributed by atoms with van der Waals surface area (Å²) in [6.07, 6.45) is 2.02. The molecule has 3 aromatic rings. The summed E-state index contributed by atoms with van der Waals surface area (Å²) in [6.45, 7) is 3.56. The number of hydrogen-bond acceptors (Lipinski definition) is 12. The Labute approximate surface area is 293 Å². The molecule has 0 saturated heterocycles. The standard InChI is InChI=1S/C35H42N4O12/c1-2-35(46)26-19-28-30-23(20-39(28)31(42)25(26)21-50-32(35)43)17-22-18-24(7-8-27(22)38-30)51-34(45)37-11-6-4-3-5-10-36-33(44)49-16-15-48-14-13-47-12-9-29(40)41/h7-8,17-19,46H,2-6,9-16,20-21H2,1H3,(H,36,44)(H,37,45)(H,40,41)/t35-/m0/s1. The SMILES string of the molecule is CC[C@@]1(O)C(=O)OCc2c1cc1n(c2=O)Cc2cc3cc(OC(=O)NCCCCCCNC(=O)OCCOCCOCCC(=O)O)ccc3nc2-1. The highest BCUT2D eigenvalue weighted by Crippen LogP contribution is 2.38. The predicted molar refractivity (Wildman–Crippen MR) is 180 cm³/mol. The van der Waals surface area contributed by atoms with Gasteiger partial charge in [-0.15, -0.1) is 0 Å². The number of benzene rings is 1. The highest BCUT2D eigenvalue weighted by molar-refractivity contribution is 5.87. The maximum absolute atomic E-state index is 13.4. The first-order chi connectivity index (χ1) is 24.6. The van der Waals surface area contributed by atoms with Gasteiger partial charge in [-0.25, -0.2) is 19.4 Å². The third-order valence-corrected chi connectivity index (χ3v) is 8.62. The Bertz CT molecular complexity index is 1830. The quantitative estimate of drug-likeness (QED) is 0.0865. The normalized spacial score (nSPS) is 15.8. The maximum atomic E-state index is 13.4. The van der Waals surface area contributed by atoms with Gasteiger partial charge in [-0.2, -0.15) is 0 Å². The summed E-state index contributed by atoms with van der Waals surface area (Å²) >= 11 is 0. The molecule has 0 unspecified atom stereocenters. The number of cyclic esters (lactones) is 1. The monoisotopic (exact) mass is 710 g/mol. The van der Waals surface area contributed by atoms with Crippen LogP contribution in [0, 0.1) is 0 Å². The van der Waals surface area contributed by atoms with Crippen molar-refractivity contribution < 1.29 is 53.1 Å². The van der Waals surface area contributed by atoms with E-state index in [2.05, 4.69) is 10.6 Å². The van der Waals surface area contributed by atoms with Gasteiger partial charge in [0.2, 0.25) is 0 Å². The number of aliphatic hydroxyl groups is 1. The minimum Gasteiger partial charge on any atom is -0.481 e. The van der Waals surface area contributed by atoms with Crippen LogP contribution >= 0.6 is 0 Å². The van der Waals surface area contributed by atoms with Crippen molar-refractivity contribution in [1.29, 1.82) is 0 Å². The maximum Gasteiger partial charge on any atom is 0.412 e. The molecule has 4 heterocycles. The number of aliphatic carboxylic acids is 1. The molecule has 2 amide bonds. The van der Waals surface area contributed by atoms with Crippen molar-refractivity contribution in [3.63, 3.8) is 0 Å². The van der Waals surface area contributed by atoms with E-state index in [1.165, 1.54) is 0 Å². The number of unbranched alkanes of at least 4 members (excludes halogenated alkanes) is 3. The second-order valence-electron chi connectivity index (χ2n) is 12.1. The first kappa shape index (κ1) is 37.2. The minimum absolute atomic E-state index is 0.0619. The van der Waals surface area contributed by atoms with E-state index in [1.54, 1.807) is 35.8 Å². The molecular weight excluding hydrogens is 668 g/mol. The number of alkyl carbamates (subject to hydrolysis) is 1. The first-order valence-electron chi connectivity index (χ1n) is 16.9. The van der Waals surface area contributed by atoms with Crippen LogP contribution in [0.25, 0.3) is 22.3 Å². The molecule has 0 saturated carbocycles. The van der Waals surface area contributed by atoms with E-state index >= 15 is 0 Å². The summed E-state index contributed by atoms with van der Waals surface area (Å²) in [5.74, 6) is -1.36. The Balaban J connectivity index is 0.991. The van der Waals surface area contributed by atoms with Gasteiger partial charge in [-0.3, -0.25) is 9.59 Å². The highest BCUT2D eigenvalue weighted by atomic mass is 16.6. The molecule has 0 bridgehead atoms. The van der Waals surface area contributed by atoms with Gasteiger partial charge in [0.25, 0.3) is 5.56 Å². The number of rotatable bonds is 18. The number of carboxylic acids is 1. The molecule has 51 heavy (non-hydrogen) atoms. The lowest BCUT2D eigenvalue weighted by Gasteiger charge is -2.31. The summed E-state index contributed by atoms with van der Waals surface area (Å²) in [5, 5.41) is 25.7. The zero-order valence-corrected chi connectivity index (χ0v) is 28.4. The van der Waals surface area contributed by atoms with Crippen LogP contribution in [0.15, 0.2) is 35.1 Å². The fourth-order valence-electron chi connectivity index (χ4n) is 5.88. The average Bonchev–Trinajstić information content (AvgIpc) is 3.46. The van der Waals surface area contributed by atoms with Crippen molar-refractivity contribution in [1.82, 2.24) is 20.2 Å². The molecule has 4 N–H and O–H groups in total. The van der Waals surface area contributed by atoms with Crippen molar-refractivity contribution in [2.24, 2.45) is 0 Å². The number of pyridine rings is 2. The van der Waals surface area contributed by atoms with Crippen LogP contribution in [0.2, 0.25) is 0 Å². The minimum atomic E-state index is -1.89. The summed E-state index contributed by atoms with van der Waals surface area (Å²) in [6, 6.07) is 8.61. The number of hydrogen-bond donors (Lipinski definition) is 4. The molecule has 0 radical (unpaired) electrons. The van der Waals surface area contributed by atoms with E-state index in [0.717, 1.165) is 36.6 Å². The van der Waals surface area contributed by atoms with Gasteiger partial charge >= 0.3 is 24.1 Å². The molecule has 0 spiro atoms. The van der Waals surface area contributed by atoms with Crippen LogP contribution in [0.1, 0.15) is 62.1 Å². The van der Waals surface area contributed by atoms with Crippen LogP contribution in [-0.4, -0.2) is 90.0 Å². The number of amides is 2. The number of esters is 1. The van der Waals surface area contributed by atoms with E-state index in [1.807, 2.05) is 6.07 Å². The molecule has 1 aromatic carbocycles. The average molecular weight is 711 g/mol. The molecular formula is C35H42N4O12. The third-order valence-electron chi connectivity index (χ3n) is 8.62. The Morgan fingerprint density at radius 3 is 2.37 bits per heavy atom. The molecule has 16 heteroatoms. The van der Waals surface area contributed by atoms with Gasteiger partial charge in [-0.05, 0) is 49.6 Å². The van der Waals surface area contributed by atoms with E-state index < -0.39 is 29.7 Å². The number of carbonyl (C=O) groups is 4. The third kappa shape index (κ3) is 9.19. The number of ether oxygens (including phenoxy) is 5. The Hall–Kier alpha value is -5.06. The highest BCUT2D eigenvalue weighted by Gasteiger charge is 2.45. The predicted octanol–water partition coefficient (Wildman–Crippen LogP) is 2.96. The Morgan fingerprint density at radius 1 is 0.941 bits per heavy atom. The van der Waals surface area contributed by atoms with Crippen molar-refractivity contribution in [3.8, 4) is 17.1 Å². The lowest BCUT2D eigenvalue weighted by Crippen LogP contribution is -2.44. The van der Waals surface area contributed by atoms with Crippen LogP contribution in [0.4, 0.5) is 9.59 Å². The van der Waals surface area contributed by atoms with Crippen LogP contribution in [0.5, 0.6) is 5.75 Å². The molecule has 1 atom stereocenters. The van der Waals surface area contributed by atoms with E-state index in [-0.39, 0.29) is 75.7 Å². The molecule has 16 nitrogen and oxygen atoms in total. The molecule has 274 valence electrons. The van der Waals surface area contributed by atoms with Gasteiger partial charge < -0.3 is 49.1 Å². The number of fused-ring (bicyclic) bond motifs is 5. The lowest BCUT2D eigenvalue weighted by atomic mass is 9.86. The molecule has 0 aliphatic carbocycles. The zero-order valence-electron chi connectivity index (χ0n) is 28.4. The van der Waals surface area contributed by atoms with Crippen LogP contribution in [-0.2, 0) is 47.3 Å². The smallest absolute Gasteiger partial charge is 0.412 e. The first-order valence-corrected chi connectivity index (χ1v) is 16.9. The molecule has 2 aliphatic rings. The fourth-order valence-corrected chi connectivity index (χ4v) is 5.88. The number of nitrogens with zero attached hydrogens (tertiary/aromatic N) is 2. The van der Waals surface area contributed by atoms with E-state index in [4.69, 9.17) is 33.8 Å². The number of carbonyl (C=O) groups excluding carboxylic acids is 3. The number of carboxylic acid groups (broad SMARTS) is 1. The van der Waals surface area contributed by atoms with Gasteiger partial charge in [0.05, 0.1) is 61.9 Å². The van der Waals surface area contributed by atoms with Gasteiger partial charge in [0.15, 0.2) is 5.60 Å². The Kier molecular flexibility index (Phi) is 12.6. The van der Waals surface area contributed by atoms with E-state index in [0.29, 0.717) is 35.7 Å². The molecule has 0 fully saturated rings. The van der Waals surface area contributed by atoms with E-state index in [9.17, 15) is 29.1 Å². The fraction of sp³-hybridized carbons (Fsp3) is 0.486. The second-order valence-corrected chi connectivity index (χ2v) is 12.1. The van der Waals surface area contributed by atoms with Crippen LogP contribution < -0.4 is 20.9 Å². The van der Waals surface area contributed by atoms with Crippen molar-refractivity contribution >= 4 is 35.0 Å². The zero-order chi connectivity index (χ0) is 36.4. The Morgan fingerprint density at radius 2 is 1.65 bits per heavy atom. The topological polar surface area (TPSA) is 214 Å². The van der Waals surface area contributed by atoms with Crippen molar-refractivity contribution in [2.75, 3.05) is 46.1 Å². The van der Waals surface area contributed by atoms with Crippen LogP contribution in [0.3, 0.4) is 0 Å². The molecule has 2 aromatic heterocycles. The summed E-state index contributed by atoms with van der Waals surface area (Å²) in [4.78, 5) is 65.1. The molecule has 2 aliphatic heterocycles. The number of nitrogens with one attached hydrogen (secondary N) is 2. The van der Waals surface area contributed by atoms with Gasteiger partial charge in [-0.1, -0.05) is 19.8 Å². The summed E-state index contributed by atoms with van der Waals surface area (Å²) in [7, 11) is 0. The second kappa shape index (κ2) is 17.2. The van der Waals surface area contributed by atoms with Gasteiger partial charge in [0.1, 0.15) is 19.0 Å². The lowest BCUT2D eigenvalue weighted by molar-refractivity contribution is -0.172. The summed E-state index contributed by atoms with van der Waals surface area (Å²) < 4.78 is 27.5. The summed E-state index contributed by atoms with van der Waals surface area (Å²) in [5.41, 5.74) is 0.786. The number of aromatic nitrogens is 2. The van der Waals surface area contributed by atoms with Gasteiger partial charge in [0, 0.05) is 29.6 Å². The van der Waals surface area contributed by atoms with Crippen molar-refractivity contribution in [3.05, 3.63) is 57.4 Å². The van der Waals surface area contributed by atoms with Crippen molar-refractivity contribution in [2.45, 2.75) is 64.2 Å². The molecule has 5 rings (SSSR count).